The average Bonchev–Trinajstić information content (AvgIpc) is 2.99. The molecule has 3 rings (SSSR count). The fourth-order valence-corrected chi connectivity index (χ4v) is 3.96. The highest BCUT2D eigenvalue weighted by atomic mass is 79.9. The summed E-state index contributed by atoms with van der Waals surface area (Å²) in [6, 6.07) is 13.5. The summed E-state index contributed by atoms with van der Waals surface area (Å²) in [5.41, 5.74) is 1.28. The Morgan fingerprint density at radius 2 is 1.90 bits per heavy atom. The Kier molecular flexibility index (Phi) is 7.29. The van der Waals surface area contributed by atoms with E-state index in [9.17, 15) is 14.7 Å². The molecule has 1 N–H and O–H groups in total. The number of amides is 1. The van der Waals surface area contributed by atoms with Gasteiger partial charge in [-0.1, -0.05) is 28.1 Å². The quantitative estimate of drug-likeness (QED) is 0.267. The van der Waals surface area contributed by atoms with Gasteiger partial charge in [-0.25, -0.2) is 0 Å². The van der Waals surface area contributed by atoms with E-state index in [1.54, 1.807) is 31.4 Å². The van der Waals surface area contributed by atoms with Crippen molar-refractivity contribution in [2.75, 3.05) is 26.9 Å². The van der Waals surface area contributed by atoms with Gasteiger partial charge >= 0.3 is 0 Å². The van der Waals surface area contributed by atoms with Crippen LogP contribution >= 0.6 is 15.9 Å². The van der Waals surface area contributed by atoms with E-state index in [0.717, 1.165) is 10.0 Å². The Bertz CT molecular complexity index is 954. The Labute approximate surface area is 184 Å². The van der Waals surface area contributed by atoms with Crippen LogP contribution < -0.4 is 4.74 Å². The van der Waals surface area contributed by atoms with Crippen LogP contribution in [-0.4, -0.2) is 48.6 Å². The van der Waals surface area contributed by atoms with Gasteiger partial charge in [-0.05, 0) is 55.3 Å². The molecular weight excluding hydrogens is 450 g/mol. The third-order valence-electron chi connectivity index (χ3n) is 4.89. The van der Waals surface area contributed by atoms with Gasteiger partial charge in [0.2, 0.25) is 0 Å². The molecule has 2 aromatic carbocycles. The van der Waals surface area contributed by atoms with E-state index in [0.29, 0.717) is 37.5 Å². The van der Waals surface area contributed by atoms with Crippen LogP contribution in [0.25, 0.3) is 5.76 Å². The molecule has 0 saturated carbocycles. The van der Waals surface area contributed by atoms with E-state index < -0.39 is 17.7 Å². The number of carbonyl (C=O) groups is 2. The Hall–Kier alpha value is -2.64. The van der Waals surface area contributed by atoms with E-state index in [1.807, 2.05) is 31.2 Å². The van der Waals surface area contributed by atoms with Crippen LogP contribution in [0.3, 0.4) is 0 Å². The van der Waals surface area contributed by atoms with Crippen molar-refractivity contribution in [1.29, 1.82) is 0 Å². The van der Waals surface area contributed by atoms with Gasteiger partial charge in [0.1, 0.15) is 11.5 Å². The van der Waals surface area contributed by atoms with Crippen molar-refractivity contribution < 1.29 is 24.2 Å². The first-order valence-electron chi connectivity index (χ1n) is 9.74. The van der Waals surface area contributed by atoms with Gasteiger partial charge in [0.25, 0.3) is 11.7 Å². The average molecular weight is 474 g/mol. The second-order valence-corrected chi connectivity index (χ2v) is 7.77. The van der Waals surface area contributed by atoms with Gasteiger partial charge < -0.3 is 19.5 Å². The maximum Gasteiger partial charge on any atom is 0.295 e. The number of benzene rings is 2. The molecule has 6 nitrogen and oxygen atoms in total. The van der Waals surface area contributed by atoms with Gasteiger partial charge in [0.15, 0.2) is 0 Å². The highest BCUT2D eigenvalue weighted by Crippen LogP contribution is 2.40. The summed E-state index contributed by atoms with van der Waals surface area (Å²) in [5, 5.41) is 11.0. The fourth-order valence-electron chi connectivity index (χ4n) is 3.54. The van der Waals surface area contributed by atoms with Crippen molar-refractivity contribution in [3.05, 3.63) is 69.7 Å². The van der Waals surface area contributed by atoms with E-state index in [-0.39, 0.29) is 11.3 Å². The lowest BCUT2D eigenvalue weighted by molar-refractivity contribution is -0.140. The van der Waals surface area contributed by atoms with Crippen LogP contribution in [0, 0.1) is 0 Å². The summed E-state index contributed by atoms with van der Waals surface area (Å²) in [5.74, 6) is -0.847. The molecular formula is C23H24BrNO5. The number of rotatable bonds is 8. The van der Waals surface area contributed by atoms with E-state index >= 15 is 0 Å². The Morgan fingerprint density at radius 3 is 2.53 bits per heavy atom. The van der Waals surface area contributed by atoms with Gasteiger partial charge in [-0.2, -0.15) is 0 Å². The van der Waals surface area contributed by atoms with E-state index in [2.05, 4.69) is 15.9 Å². The largest absolute Gasteiger partial charge is 0.507 e. The number of hydrogen-bond donors (Lipinski definition) is 1. The first-order valence-corrected chi connectivity index (χ1v) is 10.5. The molecule has 1 heterocycles. The maximum atomic E-state index is 12.9. The first-order chi connectivity index (χ1) is 14.5. The monoisotopic (exact) mass is 473 g/mol. The number of likely N-dealkylation sites (tertiary alicyclic amines) is 1. The molecule has 7 heteroatoms. The number of carbonyl (C=O) groups excluding carboxylic acids is 2. The van der Waals surface area contributed by atoms with Crippen molar-refractivity contribution in [2.24, 2.45) is 0 Å². The summed E-state index contributed by atoms with van der Waals surface area (Å²) in [6.07, 6.45) is 0.580. The minimum absolute atomic E-state index is 0.0830. The number of nitrogens with zero attached hydrogens (tertiary/aromatic N) is 1. The van der Waals surface area contributed by atoms with Crippen molar-refractivity contribution >= 4 is 33.4 Å². The molecule has 1 aliphatic rings. The summed E-state index contributed by atoms with van der Waals surface area (Å²) in [6.45, 7) is 3.22. The molecule has 2 aromatic rings. The van der Waals surface area contributed by atoms with Crippen molar-refractivity contribution in [2.45, 2.75) is 19.4 Å². The molecule has 1 saturated heterocycles. The number of ketones is 1. The number of methoxy groups -OCH3 is 1. The minimum atomic E-state index is -0.691. The lowest BCUT2D eigenvalue weighted by atomic mass is 9.95. The van der Waals surface area contributed by atoms with Gasteiger partial charge in [-0.3, -0.25) is 9.59 Å². The van der Waals surface area contributed by atoms with E-state index in [4.69, 9.17) is 9.47 Å². The van der Waals surface area contributed by atoms with Gasteiger partial charge in [0.05, 0.1) is 18.2 Å². The number of Topliss-reactive ketones (excluding diaryl/α,β-unsaturated/α-hetero) is 1. The standard InChI is InChI=1S/C23H24BrNO5/c1-3-30-18-10-8-15(9-11-18)21(26)19-20(16-6-4-7-17(24)14-16)25(12-5-13-29-2)23(28)22(19)27/h4,6-11,14,20,26H,3,5,12-13H2,1-2H3. The molecule has 158 valence electrons. The second kappa shape index (κ2) is 9.91. The molecule has 1 amide bonds. The second-order valence-electron chi connectivity index (χ2n) is 6.85. The predicted molar refractivity (Wildman–Crippen MR) is 117 cm³/mol. The van der Waals surface area contributed by atoms with Crippen LogP contribution in [-0.2, 0) is 14.3 Å². The zero-order chi connectivity index (χ0) is 21.7. The molecule has 0 aliphatic carbocycles. The van der Waals surface area contributed by atoms with Crippen LogP contribution in [0.1, 0.15) is 30.5 Å². The minimum Gasteiger partial charge on any atom is -0.507 e. The fraction of sp³-hybridized carbons (Fsp3) is 0.304. The maximum absolute atomic E-state index is 12.9. The van der Waals surface area contributed by atoms with Crippen LogP contribution in [0.15, 0.2) is 58.6 Å². The van der Waals surface area contributed by atoms with Gasteiger partial charge in [-0.15, -0.1) is 0 Å². The highest BCUT2D eigenvalue weighted by molar-refractivity contribution is 9.10. The molecule has 0 radical (unpaired) electrons. The summed E-state index contributed by atoms with van der Waals surface area (Å²) >= 11 is 3.45. The van der Waals surface area contributed by atoms with Gasteiger partial charge in [0, 0.05) is 30.3 Å². The SMILES string of the molecule is CCOc1ccc(C(O)=C2C(=O)C(=O)N(CCCOC)C2c2cccc(Br)c2)cc1. The third-order valence-corrected chi connectivity index (χ3v) is 5.38. The Morgan fingerprint density at radius 1 is 1.17 bits per heavy atom. The molecule has 1 unspecified atom stereocenters. The summed E-state index contributed by atoms with van der Waals surface area (Å²) in [7, 11) is 1.59. The number of hydrogen-bond acceptors (Lipinski definition) is 5. The highest BCUT2D eigenvalue weighted by Gasteiger charge is 2.45. The lowest BCUT2D eigenvalue weighted by Crippen LogP contribution is -2.31. The molecule has 30 heavy (non-hydrogen) atoms. The summed E-state index contributed by atoms with van der Waals surface area (Å²) < 4.78 is 11.4. The van der Waals surface area contributed by atoms with Crippen LogP contribution in [0.2, 0.25) is 0 Å². The Balaban J connectivity index is 2.07. The molecule has 0 spiro atoms. The van der Waals surface area contributed by atoms with E-state index in [1.165, 1.54) is 4.90 Å². The lowest BCUT2D eigenvalue weighted by Gasteiger charge is -2.25. The summed E-state index contributed by atoms with van der Waals surface area (Å²) in [4.78, 5) is 27.2. The number of ether oxygens (including phenoxy) is 2. The first kappa shape index (κ1) is 22.1. The topological polar surface area (TPSA) is 76.1 Å². The van der Waals surface area contributed by atoms with Crippen molar-refractivity contribution in [3.63, 3.8) is 0 Å². The molecule has 0 bridgehead atoms. The van der Waals surface area contributed by atoms with Crippen molar-refractivity contribution in [3.8, 4) is 5.75 Å². The van der Waals surface area contributed by atoms with Crippen LogP contribution in [0.4, 0.5) is 0 Å². The smallest absolute Gasteiger partial charge is 0.295 e. The molecule has 0 aromatic heterocycles. The number of aliphatic hydroxyl groups excluding tert-OH is 1. The molecule has 1 aliphatic heterocycles. The zero-order valence-electron chi connectivity index (χ0n) is 16.9. The van der Waals surface area contributed by atoms with Crippen LogP contribution in [0.5, 0.6) is 5.75 Å². The predicted octanol–water partition coefficient (Wildman–Crippen LogP) is 4.31. The number of halogens is 1. The van der Waals surface area contributed by atoms with Crippen molar-refractivity contribution in [1.82, 2.24) is 4.90 Å². The third kappa shape index (κ3) is 4.57. The molecule has 1 atom stereocenters. The normalized spacial score (nSPS) is 18.1. The molecule has 1 fully saturated rings. The number of aliphatic hydroxyl groups is 1. The zero-order valence-corrected chi connectivity index (χ0v) is 18.5.